The number of aromatic nitrogens is 3. The quantitative estimate of drug-likeness (QED) is 0.300. The molecular weight excluding hydrogens is 486 g/mol. The van der Waals surface area contributed by atoms with Crippen LogP contribution in [-0.2, 0) is 15.6 Å². The summed E-state index contributed by atoms with van der Waals surface area (Å²) in [5.74, 6) is 1.26. The zero-order chi connectivity index (χ0) is 25.8. The molecule has 0 atom stereocenters. The fraction of sp³-hybridized carbons (Fsp3) is 0.0714. The van der Waals surface area contributed by atoms with Crippen molar-refractivity contribution in [1.29, 1.82) is 5.26 Å². The Balaban J connectivity index is 1.49. The number of pyridine rings is 3. The van der Waals surface area contributed by atoms with E-state index in [1.165, 1.54) is 6.26 Å². The lowest BCUT2D eigenvalue weighted by atomic mass is 10.0. The zero-order valence-electron chi connectivity index (χ0n) is 19.8. The van der Waals surface area contributed by atoms with Crippen LogP contribution in [-0.4, -0.2) is 29.6 Å². The predicted octanol–water partition coefficient (Wildman–Crippen LogP) is 5.64. The molecule has 8 nitrogen and oxygen atoms in total. The molecular formula is C28H21N5O3S. The Morgan fingerprint density at radius 3 is 2.38 bits per heavy atom. The van der Waals surface area contributed by atoms with Crippen LogP contribution in [0.1, 0.15) is 11.1 Å². The third-order valence-electron chi connectivity index (χ3n) is 5.55. The Morgan fingerprint density at radius 2 is 1.65 bits per heavy atom. The summed E-state index contributed by atoms with van der Waals surface area (Å²) in [6.07, 6.45) is 9.30. The van der Waals surface area contributed by atoms with Crippen LogP contribution in [0.15, 0.2) is 91.6 Å². The van der Waals surface area contributed by atoms with Crippen LogP contribution in [0.5, 0.6) is 11.5 Å². The summed E-state index contributed by atoms with van der Waals surface area (Å²) >= 11 is 0. The number of nitrogens with one attached hydrogen (secondary N) is 1. The molecule has 0 aliphatic carbocycles. The molecule has 5 aromatic rings. The molecule has 37 heavy (non-hydrogen) atoms. The van der Waals surface area contributed by atoms with Gasteiger partial charge in [-0.25, -0.2) is 8.42 Å². The Morgan fingerprint density at radius 1 is 0.892 bits per heavy atom. The lowest BCUT2D eigenvalue weighted by Crippen LogP contribution is -2.01. The maximum absolute atomic E-state index is 11.7. The van der Waals surface area contributed by atoms with E-state index in [1.54, 1.807) is 43.1 Å². The van der Waals surface area contributed by atoms with Gasteiger partial charge in [0.15, 0.2) is 9.84 Å². The summed E-state index contributed by atoms with van der Waals surface area (Å²) in [5.41, 5.74) is 4.71. The first kappa shape index (κ1) is 23.9. The number of sulfone groups is 1. The van der Waals surface area contributed by atoms with Crippen molar-refractivity contribution in [3.8, 4) is 28.7 Å². The first-order chi connectivity index (χ1) is 17.9. The molecule has 0 aliphatic heterocycles. The number of fused-ring (bicyclic) bond motifs is 1. The number of hydrogen-bond acceptors (Lipinski definition) is 8. The van der Waals surface area contributed by atoms with Gasteiger partial charge < -0.3 is 10.1 Å². The van der Waals surface area contributed by atoms with Gasteiger partial charge in [-0.1, -0.05) is 6.07 Å². The molecule has 0 fully saturated rings. The average Bonchev–Trinajstić information content (AvgIpc) is 2.89. The molecule has 0 saturated carbocycles. The summed E-state index contributed by atoms with van der Waals surface area (Å²) in [6, 6.07) is 20.7. The lowest BCUT2D eigenvalue weighted by molar-refractivity contribution is 0.482. The topological polar surface area (TPSA) is 118 Å². The summed E-state index contributed by atoms with van der Waals surface area (Å²) in [4.78, 5) is 12.6. The van der Waals surface area contributed by atoms with Gasteiger partial charge in [0.05, 0.1) is 22.5 Å². The smallest absolute Gasteiger partial charge is 0.151 e. The second-order valence-corrected chi connectivity index (χ2v) is 10.6. The van der Waals surface area contributed by atoms with E-state index in [9.17, 15) is 13.7 Å². The lowest BCUT2D eigenvalue weighted by Gasteiger charge is -2.13. The molecule has 0 amide bonds. The number of ether oxygens (including phenoxy) is 1. The molecule has 182 valence electrons. The van der Waals surface area contributed by atoms with Crippen molar-refractivity contribution < 1.29 is 13.2 Å². The number of nitriles is 1. The van der Waals surface area contributed by atoms with Gasteiger partial charge in [-0.05, 0) is 65.7 Å². The summed E-state index contributed by atoms with van der Waals surface area (Å²) in [6.45, 7) is 0. The molecule has 0 unspecified atom stereocenters. The summed E-state index contributed by atoms with van der Waals surface area (Å²) in [5, 5.41) is 13.9. The average molecular weight is 508 g/mol. The number of benzene rings is 2. The van der Waals surface area contributed by atoms with Gasteiger partial charge in [0.25, 0.3) is 0 Å². The van der Waals surface area contributed by atoms with Gasteiger partial charge in [0.2, 0.25) is 0 Å². The maximum Gasteiger partial charge on any atom is 0.151 e. The van der Waals surface area contributed by atoms with E-state index in [4.69, 9.17) is 4.74 Å². The molecule has 5 rings (SSSR count). The van der Waals surface area contributed by atoms with Crippen molar-refractivity contribution in [3.05, 3.63) is 103 Å². The first-order valence-corrected chi connectivity index (χ1v) is 13.3. The van der Waals surface area contributed by atoms with Crippen molar-refractivity contribution in [3.63, 3.8) is 0 Å². The Bertz CT molecular complexity index is 1730. The standard InChI is InChI=1S/C28H21N5O3S/c1-37(34,35)18-19-12-21(16-31-15-19)20-2-7-27-26(13-20)28(22(14-29)17-32-27)33-23-3-5-24(6-4-23)36-25-8-10-30-11-9-25/h2-13,15-17H,18H2,1H3,(H,32,33). The molecule has 0 bridgehead atoms. The minimum Gasteiger partial charge on any atom is -0.457 e. The Labute approximate surface area is 214 Å². The van der Waals surface area contributed by atoms with Crippen LogP contribution >= 0.6 is 0 Å². The van der Waals surface area contributed by atoms with Crippen LogP contribution < -0.4 is 10.1 Å². The van der Waals surface area contributed by atoms with Crippen LogP contribution in [0.3, 0.4) is 0 Å². The van der Waals surface area contributed by atoms with Crippen molar-refractivity contribution in [2.45, 2.75) is 5.75 Å². The Hall–Kier alpha value is -4.81. The highest BCUT2D eigenvalue weighted by molar-refractivity contribution is 7.89. The number of anilines is 2. The normalized spacial score (nSPS) is 11.1. The molecule has 2 aromatic carbocycles. The van der Waals surface area contributed by atoms with Gasteiger partial charge in [-0.15, -0.1) is 0 Å². The van der Waals surface area contributed by atoms with Gasteiger partial charge in [0, 0.05) is 53.9 Å². The third-order valence-corrected chi connectivity index (χ3v) is 6.41. The van der Waals surface area contributed by atoms with E-state index in [0.29, 0.717) is 33.8 Å². The van der Waals surface area contributed by atoms with Gasteiger partial charge in [-0.2, -0.15) is 5.26 Å². The molecule has 0 saturated heterocycles. The van der Waals surface area contributed by atoms with Crippen molar-refractivity contribution in [2.75, 3.05) is 11.6 Å². The molecule has 9 heteroatoms. The number of nitrogens with zero attached hydrogens (tertiary/aromatic N) is 4. The highest BCUT2D eigenvalue weighted by Crippen LogP contribution is 2.33. The van der Waals surface area contributed by atoms with Crippen molar-refractivity contribution >= 4 is 32.1 Å². The first-order valence-electron chi connectivity index (χ1n) is 11.3. The van der Waals surface area contributed by atoms with Crippen LogP contribution in [0.2, 0.25) is 0 Å². The second-order valence-electron chi connectivity index (χ2n) is 8.48. The molecule has 0 spiro atoms. The van der Waals surface area contributed by atoms with E-state index in [0.717, 1.165) is 22.2 Å². The molecule has 3 heterocycles. The monoisotopic (exact) mass is 507 g/mol. The van der Waals surface area contributed by atoms with Crippen molar-refractivity contribution in [1.82, 2.24) is 15.0 Å². The van der Waals surface area contributed by atoms with Crippen molar-refractivity contribution in [2.24, 2.45) is 0 Å². The highest BCUT2D eigenvalue weighted by atomic mass is 32.2. The van der Waals surface area contributed by atoms with Crippen LogP contribution in [0, 0.1) is 11.3 Å². The molecule has 0 aliphatic rings. The van der Waals surface area contributed by atoms with E-state index >= 15 is 0 Å². The zero-order valence-corrected chi connectivity index (χ0v) is 20.6. The fourth-order valence-electron chi connectivity index (χ4n) is 3.91. The van der Waals surface area contributed by atoms with Crippen LogP contribution in [0.25, 0.3) is 22.0 Å². The van der Waals surface area contributed by atoms with Crippen LogP contribution in [0.4, 0.5) is 11.4 Å². The SMILES string of the molecule is CS(=O)(=O)Cc1cncc(-c2ccc3ncc(C#N)c(Nc4ccc(Oc5ccncc5)cc4)c3c2)c1. The van der Waals surface area contributed by atoms with E-state index in [2.05, 4.69) is 26.3 Å². The highest BCUT2D eigenvalue weighted by Gasteiger charge is 2.12. The van der Waals surface area contributed by atoms with E-state index < -0.39 is 9.84 Å². The molecule has 3 aromatic heterocycles. The second kappa shape index (κ2) is 10.0. The predicted molar refractivity (Wildman–Crippen MR) is 142 cm³/mol. The van der Waals surface area contributed by atoms with E-state index in [-0.39, 0.29) is 5.75 Å². The summed E-state index contributed by atoms with van der Waals surface area (Å²) in [7, 11) is -3.19. The van der Waals surface area contributed by atoms with Gasteiger partial charge in [-0.3, -0.25) is 15.0 Å². The Kier molecular flexibility index (Phi) is 6.49. The maximum atomic E-state index is 11.7. The molecule has 1 N–H and O–H groups in total. The number of rotatable bonds is 7. The largest absolute Gasteiger partial charge is 0.457 e. The third kappa shape index (κ3) is 5.72. The minimum atomic E-state index is -3.19. The van der Waals surface area contributed by atoms with E-state index in [1.807, 2.05) is 48.5 Å². The fourth-order valence-corrected chi connectivity index (χ4v) is 4.68. The molecule has 0 radical (unpaired) electrons. The van der Waals surface area contributed by atoms with Gasteiger partial charge in [0.1, 0.15) is 17.6 Å². The summed E-state index contributed by atoms with van der Waals surface area (Å²) < 4.78 is 29.3. The van der Waals surface area contributed by atoms with Gasteiger partial charge >= 0.3 is 0 Å². The minimum absolute atomic E-state index is 0.0881. The number of hydrogen-bond donors (Lipinski definition) is 1.